The molecule has 0 aliphatic heterocycles. The molecule has 0 heterocycles. The first-order valence-corrected chi connectivity index (χ1v) is 4.43. The molecule has 0 aliphatic rings. The van der Waals surface area contributed by atoms with Gasteiger partial charge in [-0.1, -0.05) is 11.6 Å². The largest absolute Gasteiger partial charge is 0.397 e. The zero-order valence-corrected chi connectivity index (χ0v) is 8.43. The minimum absolute atomic E-state index is 0.357. The average molecular weight is 221 g/mol. The normalized spacial score (nSPS) is 10.6. The molecule has 2 N–H and O–H groups in total. The van der Waals surface area contributed by atoms with Crippen LogP contribution in [0.4, 0.5) is 20.2 Å². The van der Waals surface area contributed by atoms with E-state index in [-0.39, 0.29) is 6.54 Å². The fourth-order valence-electron chi connectivity index (χ4n) is 1.15. The van der Waals surface area contributed by atoms with Crippen LogP contribution in [0.3, 0.4) is 0 Å². The second kappa shape index (κ2) is 4.46. The molecule has 1 aromatic carbocycles. The van der Waals surface area contributed by atoms with E-state index < -0.39 is 6.43 Å². The zero-order valence-electron chi connectivity index (χ0n) is 7.67. The molecule has 0 unspecified atom stereocenters. The highest BCUT2D eigenvalue weighted by Crippen LogP contribution is 2.26. The molecule has 5 heteroatoms. The Balaban J connectivity index is 2.88. The molecule has 2 nitrogen and oxygen atoms in total. The molecule has 0 bridgehead atoms. The van der Waals surface area contributed by atoms with Crippen molar-refractivity contribution >= 4 is 23.0 Å². The van der Waals surface area contributed by atoms with Gasteiger partial charge in [0.05, 0.1) is 17.9 Å². The van der Waals surface area contributed by atoms with Crippen molar-refractivity contribution in [1.29, 1.82) is 0 Å². The molecule has 0 atom stereocenters. The Morgan fingerprint density at radius 2 is 2.14 bits per heavy atom. The lowest BCUT2D eigenvalue weighted by atomic mass is 10.2. The molecule has 0 saturated heterocycles. The van der Waals surface area contributed by atoms with Gasteiger partial charge in [-0.25, -0.2) is 8.78 Å². The van der Waals surface area contributed by atoms with Crippen molar-refractivity contribution < 1.29 is 8.78 Å². The SMILES string of the molecule is CN(CC(F)F)c1cc(Cl)ccc1N. The second-order valence-electron chi connectivity index (χ2n) is 2.97. The molecular weight excluding hydrogens is 210 g/mol. The van der Waals surface area contributed by atoms with Crippen LogP contribution in [0.2, 0.25) is 5.02 Å². The van der Waals surface area contributed by atoms with E-state index in [9.17, 15) is 8.78 Å². The Labute approximate surface area is 86.3 Å². The first kappa shape index (κ1) is 11.0. The van der Waals surface area contributed by atoms with Crippen molar-refractivity contribution in [3.05, 3.63) is 23.2 Å². The summed E-state index contributed by atoms with van der Waals surface area (Å²) in [4.78, 5) is 1.38. The van der Waals surface area contributed by atoms with Gasteiger partial charge in [0.15, 0.2) is 0 Å². The quantitative estimate of drug-likeness (QED) is 0.794. The van der Waals surface area contributed by atoms with Crippen LogP contribution < -0.4 is 10.6 Å². The van der Waals surface area contributed by atoms with Crippen LogP contribution in [0.1, 0.15) is 0 Å². The van der Waals surface area contributed by atoms with Gasteiger partial charge in [0.25, 0.3) is 6.43 Å². The van der Waals surface area contributed by atoms with E-state index in [2.05, 4.69) is 0 Å². The maximum atomic E-state index is 12.1. The predicted octanol–water partition coefficient (Wildman–Crippen LogP) is 2.62. The zero-order chi connectivity index (χ0) is 10.7. The van der Waals surface area contributed by atoms with E-state index in [4.69, 9.17) is 17.3 Å². The van der Waals surface area contributed by atoms with E-state index in [0.29, 0.717) is 16.4 Å². The summed E-state index contributed by atoms with van der Waals surface area (Å²) in [6.45, 7) is -0.357. The molecule has 0 aromatic heterocycles. The van der Waals surface area contributed by atoms with Crippen LogP contribution in [0.25, 0.3) is 0 Å². The highest BCUT2D eigenvalue weighted by molar-refractivity contribution is 6.31. The van der Waals surface area contributed by atoms with E-state index in [1.165, 1.54) is 4.90 Å². The van der Waals surface area contributed by atoms with Gasteiger partial charge in [-0.2, -0.15) is 0 Å². The minimum Gasteiger partial charge on any atom is -0.397 e. The van der Waals surface area contributed by atoms with Crippen LogP contribution in [0.15, 0.2) is 18.2 Å². The van der Waals surface area contributed by atoms with Crippen molar-refractivity contribution in [2.45, 2.75) is 6.43 Å². The summed E-state index contributed by atoms with van der Waals surface area (Å²) in [6, 6.07) is 4.79. The highest BCUT2D eigenvalue weighted by Gasteiger charge is 2.11. The Bertz CT molecular complexity index is 318. The first-order valence-electron chi connectivity index (χ1n) is 4.05. The second-order valence-corrected chi connectivity index (χ2v) is 3.41. The van der Waals surface area contributed by atoms with Crippen molar-refractivity contribution in [3.8, 4) is 0 Å². The van der Waals surface area contributed by atoms with Crippen molar-refractivity contribution in [1.82, 2.24) is 0 Å². The topological polar surface area (TPSA) is 29.3 Å². The van der Waals surface area contributed by atoms with E-state index >= 15 is 0 Å². The molecule has 0 aliphatic carbocycles. The van der Waals surface area contributed by atoms with Crippen molar-refractivity contribution in [2.24, 2.45) is 0 Å². The van der Waals surface area contributed by atoms with Gasteiger partial charge in [0, 0.05) is 12.1 Å². The highest BCUT2D eigenvalue weighted by atomic mass is 35.5. The predicted molar refractivity (Wildman–Crippen MR) is 55.1 cm³/mol. The summed E-state index contributed by atoms with van der Waals surface area (Å²) in [5.74, 6) is 0. The lowest BCUT2D eigenvalue weighted by Gasteiger charge is -2.20. The number of rotatable bonds is 3. The van der Waals surface area contributed by atoms with Gasteiger partial charge in [-0.3, -0.25) is 0 Å². The maximum absolute atomic E-state index is 12.1. The molecule has 0 amide bonds. The van der Waals surface area contributed by atoms with Gasteiger partial charge in [0.1, 0.15) is 0 Å². The smallest absolute Gasteiger partial charge is 0.255 e. The Kier molecular flexibility index (Phi) is 3.52. The molecule has 1 rings (SSSR count). The van der Waals surface area contributed by atoms with Gasteiger partial charge >= 0.3 is 0 Å². The Hall–Kier alpha value is -1.03. The molecule has 0 saturated carbocycles. The van der Waals surface area contributed by atoms with Gasteiger partial charge < -0.3 is 10.6 Å². The fourth-order valence-corrected chi connectivity index (χ4v) is 1.32. The van der Waals surface area contributed by atoms with Crippen LogP contribution in [-0.4, -0.2) is 20.0 Å². The summed E-state index contributed by atoms with van der Waals surface area (Å²) in [5.41, 5.74) is 6.59. The number of halogens is 3. The molecule has 78 valence electrons. The molecule has 0 radical (unpaired) electrons. The lowest BCUT2D eigenvalue weighted by molar-refractivity contribution is 0.156. The third-order valence-electron chi connectivity index (χ3n) is 1.82. The molecule has 0 fully saturated rings. The van der Waals surface area contributed by atoms with Gasteiger partial charge in [-0.15, -0.1) is 0 Å². The number of nitrogens with two attached hydrogens (primary N) is 1. The Morgan fingerprint density at radius 1 is 1.50 bits per heavy atom. The van der Waals surface area contributed by atoms with Crippen LogP contribution in [0.5, 0.6) is 0 Å². The Morgan fingerprint density at radius 3 is 2.71 bits per heavy atom. The van der Waals surface area contributed by atoms with Crippen molar-refractivity contribution in [2.75, 3.05) is 24.2 Å². The van der Waals surface area contributed by atoms with E-state index in [1.54, 1.807) is 25.2 Å². The number of hydrogen-bond acceptors (Lipinski definition) is 2. The molecule has 1 aromatic rings. The third-order valence-corrected chi connectivity index (χ3v) is 2.05. The number of hydrogen-bond donors (Lipinski definition) is 1. The number of anilines is 2. The summed E-state index contributed by atoms with van der Waals surface area (Å²) < 4.78 is 24.2. The summed E-state index contributed by atoms with van der Waals surface area (Å²) in [6.07, 6.45) is -2.39. The molecule has 14 heavy (non-hydrogen) atoms. The summed E-state index contributed by atoms with van der Waals surface area (Å²) >= 11 is 5.73. The monoisotopic (exact) mass is 220 g/mol. The standard InChI is InChI=1S/C9H11ClF2N2/c1-14(5-9(11)12)8-4-6(10)2-3-7(8)13/h2-4,9H,5,13H2,1H3. The van der Waals surface area contributed by atoms with Gasteiger partial charge in [0.2, 0.25) is 0 Å². The van der Waals surface area contributed by atoms with Crippen LogP contribution in [-0.2, 0) is 0 Å². The summed E-state index contributed by atoms with van der Waals surface area (Å²) in [5, 5.41) is 0.482. The molecular formula is C9H11ClF2N2. The minimum atomic E-state index is -2.39. The number of nitrogen functional groups attached to an aromatic ring is 1. The first-order chi connectivity index (χ1) is 6.50. The van der Waals surface area contributed by atoms with Crippen molar-refractivity contribution in [3.63, 3.8) is 0 Å². The average Bonchev–Trinajstić information content (AvgIpc) is 2.08. The number of benzene rings is 1. The molecule has 0 spiro atoms. The number of alkyl halides is 2. The third kappa shape index (κ3) is 2.73. The van der Waals surface area contributed by atoms with E-state index in [1.807, 2.05) is 0 Å². The summed E-state index contributed by atoms with van der Waals surface area (Å²) in [7, 11) is 1.55. The fraction of sp³-hybridized carbons (Fsp3) is 0.333. The van der Waals surface area contributed by atoms with E-state index in [0.717, 1.165) is 0 Å². The lowest BCUT2D eigenvalue weighted by Crippen LogP contribution is -2.24. The maximum Gasteiger partial charge on any atom is 0.255 e. The number of nitrogens with zero attached hydrogens (tertiary/aromatic N) is 1. The van der Waals surface area contributed by atoms with Crippen LogP contribution >= 0.6 is 11.6 Å². The van der Waals surface area contributed by atoms with Gasteiger partial charge in [-0.05, 0) is 18.2 Å². The van der Waals surface area contributed by atoms with Crippen LogP contribution in [0, 0.1) is 0 Å².